The van der Waals surface area contributed by atoms with Crippen LogP contribution in [0.3, 0.4) is 0 Å². The molecule has 0 saturated heterocycles. The average Bonchev–Trinajstić information content (AvgIpc) is 3.90. The van der Waals surface area contributed by atoms with E-state index >= 15 is 0 Å². The lowest BCUT2D eigenvalue weighted by Crippen LogP contribution is -2.00. The van der Waals surface area contributed by atoms with E-state index in [4.69, 9.17) is 23.8 Å². The standard InChI is InChI=1S/C57H33N3O2/c1-3-10-38-28-40(22-18-34(38)8-1)36-16-20-37(21-17-36)55-58-56(44-25-24-42-31-49-46-12-5-6-14-50(46)61-53(49)33-45(42)30-44)60-57(59-55)48-13-7-15-51-54(48)47-27-26-43(32-52(47)62-51)41-23-19-35-9-2-4-11-39(35)29-41/h1-33H. The van der Waals surface area contributed by atoms with E-state index in [2.05, 4.69) is 170 Å². The maximum atomic E-state index is 6.60. The van der Waals surface area contributed by atoms with Crippen molar-refractivity contribution < 1.29 is 8.83 Å². The Kier molecular flexibility index (Phi) is 7.54. The number of rotatable bonds is 5. The Morgan fingerprint density at radius 2 is 0.774 bits per heavy atom. The Morgan fingerprint density at radius 3 is 1.56 bits per heavy atom. The molecule has 0 aliphatic rings. The largest absolute Gasteiger partial charge is 0.456 e. The molecule has 13 rings (SSSR count). The van der Waals surface area contributed by atoms with E-state index in [1.54, 1.807) is 0 Å². The second kappa shape index (κ2) is 13.6. The van der Waals surface area contributed by atoms with Crippen molar-refractivity contribution >= 4 is 76.2 Å². The lowest BCUT2D eigenvalue weighted by molar-refractivity contribution is 0.669. The van der Waals surface area contributed by atoms with Crippen LogP contribution in [0.4, 0.5) is 0 Å². The lowest BCUT2D eigenvalue weighted by Gasteiger charge is -2.11. The molecule has 5 heteroatoms. The SMILES string of the molecule is c1ccc2cc(-c3ccc(-c4nc(-c5ccc6cc7c(cc6c5)oc5ccccc57)nc(-c5cccc6oc7cc(-c8ccc9ccccc9c8)ccc7c56)n4)cc3)ccc2c1. The van der Waals surface area contributed by atoms with E-state index in [1.165, 1.54) is 21.5 Å². The predicted octanol–water partition coefficient (Wildman–Crippen LogP) is 15.5. The Bertz CT molecular complexity index is 3940. The number of hydrogen-bond donors (Lipinski definition) is 0. The minimum Gasteiger partial charge on any atom is -0.456 e. The normalized spacial score (nSPS) is 11.9. The third kappa shape index (κ3) is 5.67. The summed E-state index contributed by atoms with van der Waals surface area (Å²) in [6, 6.07) is 70.1. The number of nitrogens with zero attached hydrogens (tertiary/aromatic N) is 3. The number of benzene rings is 10. The summed E-state index contributed by atoms with van der Waals surface area (Å²) in [5, 5.41) is 11.2. The molecule has 0 aliphatic carbocycles. The molecular weight excluding hydrogens is 759 g/mol. The molecule has 0 unspecified atom stereocenters. The van der Waals surface area contributed by atoms with Gasteiger partial charge in [-0.25, -0.2) is 15.0 Å². The van der Waals surface area contributed by atoms with Crippen molar-refractivity contribution in [2.75, 3.05) is 0 Å². The van der Waals surface area contributed by atoms with Crippen molar-refractivity contribution in [3.05, 3.63) is 200 Å². The monoisotopic (exact) mass is 791 g/mol. The first kappa shape index (κ1) is 34.5. The van der Waals surface area contributed by atoms with Gasteiger partial charge in [-0.1, -0.05) is 146 Å². The molecule has 0 N–H and O–H groups in total. The van der Waals surface area contributed by atoms with Gasteiger partial charge in [0.25, 0.3) is 0 Å². The summed E-state index contributed by atoms with van der Waals surface area (Å²) in [5.41, 5.74) is 10.5. The summed E-state index contributed by atoms with van der Waals surface area (Å²) in [4.78, 5) is 15.6. The summed E-state index contributed by atoms with van der Waals surface area (Å²) in [7, 11) is 0. The second-order valence-corrected chi connectivity index (χ2v) is 16.0. The zero-order chi connectivity index (χ0) is 40.7. The van der Waals surface area contributed by atoms with Crippen LogP contribution < -0.4 is 0 Å². The van der Waals surface area contributed by atoms with E-state index in [1.807, 2.05) is 30.3 Å². The smallest absolute Gasteiger partial charge is 0.164 e. The van der Waals surface area contributed by atoms with Crippen molar-refractivity contribution in [3.8, 4) is 56.4 Å². The molecular formula is C57H33N3O2. The summed E-state index contributed by atoms with van der Waals surface area (Å²) in [6.07, 6.45) is 0. The molecule has 62 heavy (non-hydrogen) atoms. The molecule has 288 valence electrons. The number of aromatic nitrogens is 3. The van der Waals surface area contributed by atoms with Crippen LogP contribution in [0.1, 0.15) is 0 Å². The zero-order valence-corrected chi connectivity index (χ0v) is 33.2. The van der Waals surface area contributed by atoms with Crippen LogP contribution in [-0.2, 0) is 0 Å². The molecule has 0 amide bonds. The topological polar surface area (TPSA) is 65.0 Å². The molecule has 5 nitrogen and oxygen atoms in total. The first-order chi connectivity index (χ1) is 30.6. The minimum absolute atomic E-state index is 0.573. The van der Waals surface area contributed by atoms with Crippen LogP contribution in [0.5, 0.6) is 0 Å². The predicted molar refractivity (Wildman–Crippen MR) is 254 cm³/mol. The fraction of sp³-hybridized carbons (Fsp3) is 0. The van der Waals surface area contributed by atoms with Gasteiger partial charge in [0.2, 0.25) is 0 Å². The summed E-state index contributed by atoms with van der Waals surface area (Å²) in [5.74, 6) is 1.74. The van der Waals surface area contributed by atoms with Gasteiger partial charge in [0.15, 0.2) is 17.5 Å². The van der Waals surface area contributed by atoms with Gasteiger partial charge in [0.1, 0.15) is 22.3 Å². The van der Waals surface area contributed by atoms with Crippen LogP contribution in [0.25, 0.3) is 133 Å². The maximum absolute atomic E-state index is 6.60. The molecule has 3 heterocycles. The molecule has 10 aromatic carbocycles. The van der Waals surface area contributed by atoms with Crippen LogP contribution in [-0.4, -0.2) is 15.0 Å². The van der Waals surface area contributed by atoms with Gasteiger partial charge in [-0.2, -0.15) is 0 Å². The summed E-state index contributed by atoms with van der Waals surface area (Å²) in [6.45, 7) is 0. The molecule has 13 aromatic rings. The molecule has 0 bridgehead atoms. The van der Waals surface area contributed by atoms with Gasteiger partial charge in [-0.15, -0.1) is 0 Å². The molecule has 0 fully saturated rings. The van der Waals surface area contributed by atoms with Crippen LogP contribution in [0, 0.1) is 0 Å². The highest BCUT2D eigenvalue weighted by Gasteiger charge is 2.19. The third-order valence-corrected chi connectivity index (χ3v) is 12.3. The van der Waals surface area contributed by atoms with Crippen LogP contribution in [0.2, 0.25) is 0 Å². The van der Waals surface area contributed by atoms with Crippen LogP contribution >= 0.6 is 0 Å². The number of furan rings is 2. The van der Waals surface area contributed by atoms with Gasteiger partial charge in [0, 0.05) is 38.2 Å². The van der Waals surface area contributed by atoms with Crippen molar-refractivity contribution in [1.82, 2.24) is 15.0 Å². The van der Waals surface area contributed by atoms with E-state index in [0.29, 0.717) is 17.5 Å². The quantitative estimate of drug-likeness (QED) is 0.174. The first-order valence-corrected chi connectivity index (χ1v) is 20.8. The maximum Gasteiger partial charge on any atom is 0.164 e. The lowest BCUT2D eigenvalue weighted by atomic mass is 9.99. The van der Waals surface area contributed by atoms with Crippen molar-refractivity contribution in [1.29, 1.82) is 0 Å². The highest BCUT2D eigenvalue weighted by Crippen LogP contribution is 2.40. The molecule has 0 spiro atoms. The van der Waals surface area contributed by atoms with Crippen molar-refractivity contribution in [2.24, 2.45) is 0 Å². The zero-order valence-electron chi connectivity index (χ0n) is 33.2. The molecule has 0 radical (unpaired) electrons. The Hall–Kier alpha value is -8.41. The number of fused-ring (bicyclic) bond motifs is 9. The van der Waals surface area contributed by atoms with E-state index in [0.717, 1.165) is 93.6 Å². The Labute approximate surface area is 355 Å². The number of para-hydroxylation sites is 1. The van der Waals surface area contributed by atoms with Crippen molar-refractivity contribution in [3.63, 3.8) is 0 Å². The minimum atomic E-state index is 0.573. The Morgan fingerprint density at radius 1 is 0.258 bits per heavy atom. The highest BCUT2D eigenvalue weighted by molar-refractivity contribution is 6.13. The summed E-state index contributed by atoms with van der Waals surface area (Å²) >= 11 is 0. The molecule has 0 aliphatic heterocycles. The fourth-order valence-corrected chi connectivity index (χ4v) is 9.10. The van der Waals surface area contributed by atoms with Crippen molar-refractivity contribution in [2.45, 2.75) is 0 Å². The molecule has 0 atom stereocenters. The average molecular weight is 792 g/mol. The van der Waals surface area contributed by atoms with Crippen LogP contribution in [0.15, 0.2) is 209 Å². The molecule has 0 saturated carbocycles. The van der Waals surface area contributed by atoms with E-state index < -0.39 is 0 Å². The van der Waals surface area contributed by atoms with E-state index in [-0.39, 0.29) is 0 Å². The third-order valence-electron chi connectivity index (χ3n) is 12.3. The van der Waals surface area contributed by atoms with Gasteiger partial charge in [-0.3, -0.25) is 0 Å². The van der Waals surface area contributed by atoms with Gasteiger partial charge in [0.05, 0.1) is 0 Å². The van der Waals surface area contributed by atoms with Gasteiger partial charge < -0.3 is 8.83 Å². The molecule has 3 aromatic heterocycles. The highest BCUT2D eigenvalue weighted by atomic mass is 16.3. The second-order valence-electron chi connectivity index (χ2n) is 16.0. The first-order valence-electron chi connectivity index (χ1n) is 20.8. The summed E-state index contributed by atoms with van der Waals surface area (Å²) < 4.78 is 12.9. The Balaban J connectivity index is 0.960. The van der Waals surface area contributed by atoms with Gasteiger partial charge in [-0.05, 0) is 109 Å². The van der Waals surface area contributed by atoms with Gasteiger partial charge >= 0.3 is 0 Å². The van der Waals surface area contributed by atoms with E-state index in [9.17, 15) is 0 Å². The number of hydrogen-bond acceptors (Lipinski definition) is 5. The fourth-order valence-electron chi connectivity index (χ4n) is 9.10.